The van der Waals surface area contributed by atoms with Gasteiger partial charge < -0.3 is 15.1 Å². The molecule has 0 atom stereocenters. The van der Waals surface area contributed by atoms with E-state index in [9.17, 15) is 14.4 Å². The van der Waals surface area contributed by atoms with Gasteiger partial charge in [0.05, 0.1) is 6.26 Å². The van der Waals surface area contributed by atoms with Crippen molar-refractivity contribution in [1.29, 1.82) is 0 Å². The molecule has 0 unspecified atom stereocenters. The molecule has 0 bridgehead atoms. The number of hydrogen-bond acceptors (Lipinski definition) is 4. The third kappa shape index (κ3) is 5.65. The van der Waals surface area contributed by atoms with Crippen LogP contribution in [0, 0.1) is 0 Å². The summed E-state index contributed by atoms with van der Waals surface area (Å²) in [6, 6.07) is 17.4. The number of hydrogen-bond donors (Lipinski definition) is 2. The summed E-state index contributed by atoms with van der Waals surface area (Å²) in [4.78, 5) is 36.3. The molecule has 0 spiro atoms. The van der Waals surface area contributed by atoms with Crippen LogP contribution in [0.1, 0.15) is 46.2 Å². The third-order valence-corrected chi connectivity index (χ3v) is 4.43. The van der Waals surface area contributed by atoms with E-state index in [1.54, 1.807) is 48.5 Å². The summed E-state index contributed by atoms with van der Waals surface area (Å²) < 4.78 is 5.04. The molecule has 6 nitrogen and oxygen atoms in total. The second-order valence-corrected chi connectivity index (χ2v) is 6.53. The van der Waals surface area contributed by atoms with Gasteiger partial charge in [0.25, 0.3) is 5.91 Å². The standard InChI is InChI=1S/C23H22N2O4/c1-2-16-5-7-17(8-6-16)20(26)13-14-22(27)24-18-9-11-19(12-10-18)25-23(28)21-4-3-15-29-21/h3-12,15H,2,13-14H2,1H3,(H,24,27)(H,25,28). The summed E-state index contributed by atoms with van der Waals surface area (Å²) in [5.41, 5.74) is 2.95. The van der Waals surface area contributed by atoms with Crippen LogP contribution in [-0.2, 0) is 11.2 Å². The summed E-state index contributed by atoms with van der Waals surface area (Å²) in [6.45, 7) is 2.06. The highest BCUT2D eigenvalue weighted by molar-refractivity contribution is 6.02. The normalized spacial score (nSPS) is 10.4. The Kier molecular flexibility index (Phi) is 6.58. The van der Waals surface area contributed by atoms with Crippen molar-refractivity contribution < 1.29 is 18.8 Å². The van der Waals surface area contributed by atoms with Crippen LogP contribution in [0.3, 0.4) is 0 Å². The predicted octanol–water partition coefficient (Wildman–Crippen LogP) is 4.70. The Labute approximate surface area is 168 Å². The molecule has 0 aliphatic carbocycles. The number of amides is 2. The number of carbonyl (C=O) groups excluding carboxylic acids is 3. The van der Waals surface area contributed by atoms with Crippen LogP contribution >= 0.6 is 0 Å². The van der Waals surface area contributed by atoms with E-state index in [1.165, 1.54) is 11.8 Å². The van der Waals surface area contributed by atoms with E-state index in [1.807, 2.05) is 12.1 Å². The smallest absolute Gasteiger partial charge is 0.291 e. The zero-order chi connectivity index (χ0) is 20.6. The summed E-state index contributed by atoms with van der Waals surface area (Å²) in [5.74, 6) is -0.427. The van der Waals surface area contributed by atoms with Gasteiger partial charge in [-0.05, 0) is 48.4 Å². The average Bonchev–Trinajstić information content (AvgIpc) is 3.28. The molecule has 1 heterocycles. The number of benzene rings is 2. The molecule has 0 saturated carbocycles. The maximum atomic E-state index is 12.2. The Morgan fingerprint density at radius 1 is 0.828 bits per heavy atom. The SMILES string of the molecule is CCc1ccc(C(=O)CCC(=O)Nc2ccc(NC(=O)c3ccco3)cc2)cc1. The summed E-state index contributed by atoms with van der Waals surface area (Å²) in [7, 11) is 0. The minimum absolute atomic E-state index is 0.0567. The fourth-order valence-corrected chi connectivity index (χ4v) is 2.76. The van der Waals surface area contributed by atoms with Crippen molar-refractivity contribution in [2.24, 2.45) is 0 Å². The van der Waals surface area contributed by atoms with E-state index in [0.29, 0.717) is 16.9 Å². The minimum Gasteiger partial charge on any atom is -0.459 e. The highest BCUT2D eigenvalue weighted by Gasteiger charge is 2.11. The molecule has 2 amide bonds. The van der Waals surface area contributed by atoms with Crippen molar-refractivity contribution in [3.05, 3.63) is 83.8 Å². The van der Waals surface area contributed by atoms with Gasteiger partial charge in [0.2, 0.25) is 5.91 Å². The van der Waals surface area contributed by atoms with Crippen LogP contribution in [0.15, 0.2) is 71.3 Å². The summed E-state index contributed by atoms with van der Waals surface area (Å²) in [5, 5.41) is 5.45. The van der Waals surface area contributed by atoms with Crippen molar-refractivity contribution in [2.75, 3.05) is 10.6 Å². The lowest BCUT2D eigenvalue weighted by molar-refractivity contribution is -0.116. The molecule has 0 aliphatic heterocycles. The number of aryl methyl sites for hydroxylation is 1. The van der Waals surface area contributed by atoms with Gasteiger partial charge in [0.1, 0.15) is 0 Å². The number of nitrogens with one attached hydrogen (secondary N) is 2. The van der Waals surface area contributed by atoms with E-state index in [2.05, 4.69) is 17.6 Å². The van der Waals surface area contributed by atoms with Gasteiger partial charge in [0.15, 0.2) is 11.5 Å². The number of carbonyl (C=O) groups is 3. The van der Waals surface area contributed by atoms with Crippen molar-refractivity contribution >= 4 is 29.0 Å². The van der Waals surface area contributed by atoms with Gasteiger partial charge >= 0.3 is 0 Å². The molecular formula is C23H22N2O4. The van der Waals surface area contributed by atoms with Gasteiger partial charge in [-0.2, -0.15) is 0 Å². The molecule has 6 heteroatoms. The first-order chi connectivity index (χ1) is 14.0. The lowest BCUT2D eigenvalue weighted by Crippen LogP contribution is -2.14. The Morgan fingerprint density at radius 2 is 1.48 bits per heavy atom. The molecule has 0 saturated heterocycles. The molecular weight excluding hydrogens is 368 g/mol. The number of Topliss-reactive ketones (excluding diaryl/α,β-unsaturated/α-hetero) is 1. The number of furan rings is 1. The van der Waals surface area contributed by atoms with Crippen LogP contribution in [0.4, 0.5) is 11.4 Å². The number of ketones is 1. The van der Waals surface area contributed by atoms with E-state index in [4.69, 9.17) is 4.42 Å². The lowest BCUT2D eigenvalue weighted by Gasteiger charge is -2.07. The van der Waals surface area contributed by atoms with Crippen LogP contribution in [-0.4, -0.2) is 17.6 Å². The van der Waals surface area contributed by atoms with E-state index < -0.39 is 0 Å². The molecule has 3 aromatic rings. The fraction of sp³-hybridized carbons (Fsp3) is 0.174. The topological polar surface area (TPSA) is 88.4 Å². The van der Waals surface area contributed by atoms with Gasteiger partial charge in [-0.25, -0.2) is 0 Å². The van der Waals surface area contributed by atoms with Crippen LogP contribution < -0.4 is 10.6 Å². The average molecular weight is 390 g/mol. The largest absolute Gasteiger partial charge is 0.459 e. The van der Waals surface area contributed by atoms with E-state index in [-0.39, 0.29) is 36.2 Å². The molecule has 148 valence electrons. The quantitative estimate of drug-likeness (QED) is 0.546. The van der Waals surface area contributed by atoms with Gasteiger partial charge in [-0.3, -0.25) is 14.4 Å². The molecule has 29 heavy (non-hydrogen) atoms. The summed E-state index contributed by atoms with van der Waals surface area (Å²) >= 11 is 0. The zero-order valence-electron chi connectivity index (χ0n) is 16.1. The third-order valence-electron chi connectivity index (χ3n) is 4.43. The Balaban J connectivity index is 1.47. The Hall–Kier alpha value is -3.67. The van der Waals surface area contributed by atoms with Crippen molar-refractivity contribution in [1.82, 2.24) is 0 Å². The minimum atomic E-state index is -0.350. The van der Waals surface area contributed by atoms with Crippen molar-refractivity contribution in [2.45, 2.75) is 26.2 Å². The Morgan fingerprint density at radius 3 is 2.07 bits per heavy atom. The van der Waals surface area contributed by atoms with Crippen LogP contribution in [0.2, 0.25) is 0 Å². The van der Waals surface area contributed by atoms with Crippen molar-refractivity contribution in [3.63, 3.8) is 0 Å². The highest BCUT2D eigenvalue weighted by Crippen LogP contribution is 2.16. The molecule has 0 radical (unpaired) electrons. The molecule has 0 aliphatic rings. The van der Waals surface area contributed by atoms with Crippen LogP contribution in [0.5, 0.6) is 0 Å². The predicted molar refractivity (Wildman–Crippen MR) is 111 cm³/mol. The fourth-order valence-electron chi connectivity index (χ4n) is 2.76. The maximum Gasteiger partial charge on any atom is 0.291 e. The second kappa shape index (κ2) is 9.50. The molecule has 2 aromatic carbocycles. The van der Waals surface area contributed by atoms with E-state index in [0.717, 1.165) is 6.42 Å². The van der Waals surface area contributed by atoms with Crippen molar-refractivity contribution in [3.8, 4) is 0 Å². The van der Waals surface area contributed by atoms with Crippen LogP contribution in [0.25, 0.3) is 0 Å². The van der Waals surface area contributed by atoms with Gasteiger partial charge in [-0.1, -0.05) is 31.2 Å². The molecule has 3 rings (SSSR count). The zero-order valence-corrected chi connectivity index (χ0v) is 16.1. The number of anilines is 2. The number of rotatable bonds is 8. The molecule has 0 fully saturated rings. The maximum absolute atomic E-state index is 12.2. The second-order valence-electron chi connectivity index (χ2n) is 6.53. The van der Waals surface area contributed by atoms with Gasteiger partial charge in [0, 0.05) is 29.8 Å². The first-order valence-corrected chi connectivity index (χ1v) is 9.42. The Bertz CT molecular complexity index is 975. The highest BCUT2D eigenvalue weighted by atomic mass is 16.3. The molecule has 1 aromatic heterocycles. The first-order valence-electron chi connectivity index (χ1n) is 9.42. The van der Waals surface area contributed by atoms with E-state index >= 15 is 0 Å². The lowest BCUT2D eigenvalue weighted by atomic mass is 10.0. The molecule has 2 N–H and O–H groups in total. The summed E-state index contributed by atoms with van der Waals surface area (Å²) in [6.07, 6.45) is 2.60. The monoisotopic (exact) mass is 390 g/mol. The first kappa shape index (κ1) is 20.1. The van der Waals surface area contributed by atoms with Gasteiger partial charge in [-0.15, -0.1) is 0 Å².